The molecule has 0 fully saturated rings. The second kappa shape index (κ2) is 7.36. The van der Waals surface area contributed by atoms with Crippen molar-refractivity contribution in [1.82, 2.24) is 4.40 Å². The molecule has 6 heteroatoms. The van der Waals surface area contributed by atoms with Gasteiger partial charge in [0.2, 0.25) is 0 Å². The summed E-state index contributed by atoms with van der Waals surface area (Å²) in [5, 5.41) is 8.89. The molecule has 1 aromatic carbocycles. The molecule has 3 aromatic rings. The maximum absolute atomic E-state index is 13.1. The minimum absolute atomic E-state index is 0.0586. The Hall–Kier alpha value is -3.20. The molecule has 2 heterocycles. The van der Waals surface area contributed by atoms with E-state index in [0.29, 0.717) is 18.4 Å². The lowest BCUT2D eigenvalue weighted by molar-refractivity contribution is -0.0498. The summed E-state index contributed by atoms with van der Waals surface area (Å²) in [5.41, 5.74) is 3.19. The van der Waals surface area contributed by atoms with Gasteiger partial charge in [0.05, 0.1) is 17.1 Å². The number of pyridine rings is 1. The predicted octanol–water partition coefficient (Wildman–Crippen LogP) is 4.54. The van der Waals surface area contributed by atoms with E-state index in [2.05, 4.69) is 10.8 Å². The number of rotatable bonds is 6. The standard InChI is InChI=1S/C20H16F2N2O2/c1-13-16(9-5-10-23)24-11-3-2-8-17(24)18(13)19(25)14-6-4-7-15(12-14)26-20(21)22/h2-4,6-8,11-12,20H,5,9H2,1H3. The number of nitriles is 1. The molecule has 26 heavy (non-hydrogen) atoms. The highest BCUT2D eigenvalue weighted by atomic mass is 19.3. The van der Waals surface area contributed by atoms with E-state index in [-0.39, 0.29) is 17.1 Å². The van der Waals surface area contributed by atoms with Gasteiger partial charge >= 0.3 is 6.61 Å². The Morgan fingerprint density at radius 1 is 1.27 bits per heavy atom. The second-order valence-corrected chi connectivity index (χ2v) is 5.80. The normalized spacial score (nSPS) is 10.9. The lowest BCUT2D eigenvalue weighted by atomic mass is 9.99. The molecule has 0 saturated carbocycles. The molecular weight excluding hydrogens is 338 g/mol. The third-order valence-electron chi connectivity index (χ3n) is 4.24. The Morgan fingerprint density at radius 2 is 2.08 bits per heavy atom. The molecule has 0 atom stereocenters. The van der Waals surface area contributed by atoms with Crippen LogP contribution in [0.25, 0.3) is 5.52 Å². The van der Waals surface area contributed by atoms with Crippen LogP contribution >= 0.6 is 0 Å². The highest BCUT2D eigenvalue weighted by molar-refractivity contribution is 6.14. The van der Waals surface area contributed by atoms with Gasteiger partial charge in [-0.2, -0.15) is 14.0 Å². The maximum Gasteiger partial charge on any atom is 0.387 e. The van der Waals surface area contributed by atoms with E-state index in [4.69, 9.17) is 5.26 Å². The Morgan fingerprint density at radius 3 is 2.81 bits per heavy atom. The molecule has 0 radical (unpaired) electrons. The highest BCUT2D eigenvalue weighted by Crippen LogP contribution is 2.28. The summed E-state index contributed by atoms with van der Waals surface area (Å²) in [4.78, 5) is 13.1. The fraction of sp³-hybridized carbons (Fsp3) is 0.200. The summed E-state index contributed by atoms with van der Waals surface area (Å²) >= 11 is 0. The van der Waals surface area contributed by atoms with E-state index < -0.39 is 6.61 Å². The number of aromatic nitrogens is 1. The van der Waals surface area contributed by atoms with Gasteiger partial charge in [-0.3, -0.25) is 4.79 Å². The minimum atomic E-state index is -2.95. The molecule has 2 aromatic heterocycles. The largest absolute Gasteiger partial charge is 0.435 e. The first-order valence-electron chi connectivity index (χ1n) is 8.08. The van der Waals surface area contributed by atoms with Crippen LogP contribution in [-0.4, -0.2) is 16.8 Å². The number of aryl methyl sites for hydroxylation is 1. The van der Waals surface area contributed by atoms with Crippen molar-refractivity contribution in [2.24, 2.45) is 0 Å². The smallest absolute Gasteiger partial charge is 0.387 e. The van der Waals surface area contributed by atoms with Crippen molar-refractivity contribution in [3.05, 3.63) is 71.0 Å². The first-order chi connectivity index (χ1) is 12.5. The van der Waals surface area contributed by atoms with Gasteiger partial charge in [-0.25, -0.2) is 0 Å². The third-order valence-corrected chi connectivity index (χ3v) is 4.24. The number of hydrogen-bond acceptors (Lipinski definition) is 3. The molecule has 0 aliphatic rings. The number of carbonyl (C=O) groups excluding carboxylic acids is 1. The topological polar surface area (TPSA) is 54.5 Å². The van der Waals surface area contributed by atoms with Gasteiger partial charge in [0.1, 0.15) is 5.75 Å². The Kier molecular flexibility index (Phi) is 4.99. The molecule has 0 aliphatic heterocycles. The number of ether oxygens (including phenoxy) is 1. The quantitative estimate of drug-likeness (QED) is 0.611. The van der Waals surface area contributed by atoms with Gasteiger partial charge in [0.25, 0.3) is 0 Å². The lowest BCUT2D eigenvalue weighted by Crippen LogP contribution is -2.05. The zero-order valence-corrected chi connectivity index (χ0v) is 14.1. The number of carbonyl (C=O) groups is 1. The second-order valence-electron chi connectivity index (χ2n) is 5.80. The zero-order valence-electron chi connectivity index (χ0n) is 14.1. The maximum atomic E-state index is 13.1. The van der Waals surface area contributed by atoms with Crippen molar-refractivity contribution in [3.63, 3.8) is 0 Å². The molecule has 0 unspecified atom stereocenters. The van der Waals surface area contributed by atoms with Crippen molar-refractivity contribution < 1.29 is 18.3 Å². The summed E-state index contributed by atoms with van der Waals surface area (Å²) in [7, 11) is 0. The van der Waals surface area contributed by atoms with Crippen LogP contribution in [0.15, 0.2) is 48.7 Å². The fourth-order valence-electron chi connectivity index (χ4n) is 3.13. The third kappa shape index (κ3) is 3.29. The van der Waals surface area contributed by atoms with Crippen LogP contribution in [0.4, 0.5) is 8.78 Å². The Bertz CT molecular complexity index is 1000. The van der Waals surface area contributed by atoms with Crippen LogP contribution < -0.4 is 4.74 Å². The molecule has 3 rings (SSSR count). The average Bonchev–Trinajstić information content (AvgIpc) is 2.90. The molecular formula is C20H16F2N2O2. The number of fused-ring (bicyclic) bond motifs is 1. The fourth-order valence-corrected chi connectivity index (χ4v) is 3.13. The summed E-state index contributed by atoms with van der Waals surface area (Å²) in [5.74, 6) is -0.328. The summed E-state index contributed by atoms with van der Waals surface area (Å²) in [6, 6.07) is 13.4. The van der Waals surface area contributed by atoms with Crippen molar-refractivity contribution in [3.8, 4) is 11.8 Å². The molecule has 4 nitrogen and oxygen atoms in total. The Labute approximate surface area is 149 Å². The number of ketones is 1. The van der Waals surface area contributed by atoms with E-state index >= 15 is 0 Å². The van der Waals surface area contributed by atoms with Gasteiger partial charge < -0.3 is 9.14 Å². The predicted molar refractivity (Wildman–Crippen MR) is 92.6 cm³/mol. The van der Waals surface area contributed by atoms with Gasteiger partial charge in [0, 0.05) is 30.3 Å². The van der Waals surface area contributed by atoms with E-state index in [1.165, 1.54) is 18.2 Å². The van der Waals surface area contributed by atoms with Crippen molar-refractivity contribution in [1.29, 1.82) is 5.26 Å². The minimum Gasteiger partial charge on any atom is -0.435 e. The van der Waals surface area contributed by atoms with E-state index in [0.717, 1.165) is 16.8 Å². The van der Waals surface area contributed by atoms with Crippen molar-refractivity contribution in [2.45, 2.75) is 26.4 Å². The van der Waals surface area contributed by atoms with Crippen LogP contribution in [-0.2, 0) is 6.42 Å². The molecule has 0 spiro atoms. The van der Waals surface area contributed by atoms with Crippen LogP contribution in [0.3, 0.4) is 0 Å². The summed E-state index contributed by atoms with van der Waals surface area (Å²) in [6.07, 6.45) is 2.71. The van der Waals surface area contributed by atoms with Crippen molar-refractivity contribution in [2.75, 3.05) is 0 Å². The van der Waals surface area contributed by atoms with E-state index in [9.17, 15) is 13.6 Å². The van der Waals surface area contributed by atoms with Crippen LogP contribution in [0.2, 0.25) is 0 Å². The first-order valence-corrected chi connectivity index (χ1v) is 8.08. The molecule has 0 bridgehead atoms. The van der Waals surface area contributed by atoms with Crippen LogP contribution in [0.1, 0.15) is 33.6 Å². The number of hydrogen-bond donors (Lipinski definition) is 0. The van der Waals surface area contributed by atoms with Crippen LogP contribution in [0.5, 0.6) is 5.75 Å². The summed E-state index contributed by atoms with van der Waals surface area (Å²) in [6.45, 7) is -1.11. The van der Waals surface area contributed by atoms with Gasteiger partial charge in [-0.05, 0) is 36.8 Å². The number of alkyl halides is 2. The Balaban J connectivity index is 2.09. The lowest BCUT2D eigenvalue weighted by Gasteiger charge is -2.07. The van der Waals surface area contributed by atoms with Gasteiger partial charge in [-0.15, -0.1) is 0 Å². The van der Waals surface area contributed by atoms with Gasteiger partial charge in [-0.1, -0.05) is 18.2 Å². The van der Waals surface area contributed by atoms with Crippen LogP contribution in [0, 0.1) is 18.3 Å². The van der Waals surface area contributed by atoms with Gasteiger partial charge in [0.15, 0.2) is 5.78 Å². The number of nitrogens with zero attached hydrogens (tertiary/aromatic N) is 2. The molecule has 0 amide bonds. The summed E-state index contributed by atoms with van der Waals surface area (Å²) < 4.78 is 31.2. The van der Waals surface area contributed by atoms with E-state index in [1.54, 1.807) is 6.07 Å². The number of halogens is 2. The monoisotopic (exact) mass is 354 g/mol. The highest BCUT2D eigenvalue weighted by Gasteiger charge is 2.21. The van der Waals surface area contributed by atoms with E-state index in [1.807, 2.05) is 35.7 Å². The molecule has 0 aliphatic carbocycles. The molecule has 132 valence electrons. The SMILES string of the molecule is Cc1c(C(=O)c2cccc(OC(F)F)c2)c2ccccn2c1CCC#N. The zero-order chi connectivity index (χ0) is 18.7. The first kappa shape index (κ1) is 17.6. The molecule has 0 N–H and O–H groups in total. The number of benzene rings is 1. The average molecular weight is 354 g/mol. The van der Waals surface area contributed by atoms with Crippen molar-refractivity contribution >= 4 is 11.3 Å². The molecule has 0 saturated heterocycles.